The van der Waals surface area contributed by atoms with Gasteiger partial charge in [0, 0.05) is 24.2 Å². The minimum Gasteiger partial charge on any atom is -0.347 e. The lowest BCUT2D eigenvalue weighted by molar-refractivity contribution is -0.384. The fourth-order valence-electron chi connectivity index (χ4n) is 3.46. The molecule has 0 saturated heterocycles. The van der Waals surface area contributed by atoms with Crippen molar-refractivity contribution < 1.29 is 24.1 Å². The van der Waals surface area contributed by atoms with Crippen molar-refractivity contribution in [2.75, 3.05) is 11.9 Å². The summed E-state index contributed by atoms with van der Waals surface area (Å²) in [5, 5.41) is 21.2. The number of non-ortho nitro benzene ring substituents is 1. The number of carbonyl (C=O) groups is 4. The van der Waals surface area contributed by atoms with E-state index in [-0.39, 0.29) is 18.5 Å². The van der Waals surface area contributed by atoms with Gasteiger partial charge in [0.25, 0.3) is 5.69 Å². The molecule has 0 aliphatic heterocycles. The lowest BCUT2D eigenvalue weighted by Crippen LogP contribution is -2.55. The molecule has 0 bridgehead atoms. The Labute approximate surface area is 214 Å². The third-order valence-corrected chi connectivity index (χ3v) is 5.55. The van der Waals surface area contributed by atoms with Crippen LogP contribution >= 0.6 is 0 Å². The molecular weight excluding hydrogens is 480 g/mol. The molecule has 0 aromatic heterocycles. The molecule has 0 spiro atoms. The molecule has 12 heteroatoms. The topological polar surface area (TPSA) is 186 Å². The van der Waals surface area contributed by atoms with Gasteiger partial charge in [-0.05, 0) is 50.4 Å². The van der Waals surface area contributed by atoms with Crippen LogP contribution in [0.2, 0.25) is 0 Å². The highest BCUT2D eigenvalue weighted by Crippen LogP contribution is 2.16. The lowest BCUT2D eigenvalue weighted by atomic mass is 10.0. The summed E-state index contributed by atoms with van der Waals surface area (Å²) in [5.41, 5.74) is 6.57. The fraction of sp³-hybridized carbons (Fsp3) is 0.360. The molecule has 0 aliphatic rings. The van der Waals surface area contributed by atoms with Crippen LogP contribution < -0.4 is 27.0 Å². The van der Waals surface area contributed by atoms with Gasteiger partial charge in [-0.3, -0.25) is 29.3 Å². The molecular formula is C25H32N6O6. The predicted molar refractivity (Wildman–Crippen MR) is 137 cm³/mol. The molecule has 0 radical (unpaired) electrons. The maximum atomic E-state index is 13.3. The van der Waals surface area contributed by atoms with Crippen molar-refractivity contribution in [3.8, 4) is 0 Å². The molecule has 6 N–H and O–H groups in total. The summed E-state index contributed by atoms with van der Waals surface area (Å²) in [4.78, 5) is 59.9. The van der Waals surface area contributed by atoms with Crippen molar-refractivity contribution in [3.63, 3.8) is 0 Å². The zero-order valence-electron chi connectivity index (χ0n) is 20.5. The number of hydrogen-bond donors (Lipinski definition) is 5. The largest absolute Gasteiger partial charge is 0.347 e. The number of unbranched alkanes of at least 4 members (excludes halogenated alkanes) is 1. The molecule has 0 aliphatic carbocycles. The Morgan fingerprint density at radius 3 is 2.19 bits per heavy atom. The number of hydrogen-bond acceptors (Lipinski definition) is 7. The van der Waals surface area contributed by atoms with Gasteiger partial charge in [0.2, 0.25) is 24.1 Å². The SMILES string of the molecule is C[C@H](NC=O)C(=O)N[C@@H](Cc1ccccc1)C(=O)N[C@@H](CCCCN)C(=O)Nc1ccc([N+](=O)[O-])cc1. The Morgan fingerprint density at radius 1 is 0.946 bits per heavy atom. The van der Waals surface area contributed by atoms with Crippen LogP contribution in [0.15, 0.2) is 54.6 Å². The first-order valence-corrected chi connectivity index (χ1v) is 11.8. The van der Waals surface area contributed by atoms with Gasteiger partial charge in [-0.2, -0.15) is 0 Å². The molecule has 0 fully saturated rings. The Bertz CT molecular complexity index is 1060. The van der Waals surface area contributed by atoms with E-state index < -0.39 is 40.8 Å². The molecule has 2 aromatic rings. The van der Waals surface area contributed by atoms with Gasteiger partial charge >= 0.3 is 0 Å². The van der Waals surface area contributed by atoms with Crippen LogP contribution in [0, 0.1) is 10.1 Å². The summed E-state index contributed by atoms with van der Waals surface area (Å²) in [7, 11) is 0. The quantitative estimate of drug-likeness (QED) is 0.102. The Kier molecular flexibility index (Phi) is 11.7. The number of nitro benzene ring substituents is 1. The Morgan fingerprint density at radius 2 is 1.59 bits per heavy atom. The number of nitrogens with zero attached hydrogens (tertiary/aromatic N) is 1. The number of benzene rings is 2. The van der Waals surface area contributed by atoms with Crippen molar-refractivity contribution in [2.24, 2.45) is 5.73 Å². The second kappa shape index (κ2) is 14.9. The second-order valence-electron chi connectivity index (χ2n) is 8.40. The second-order valence-corrected chi connectivity index (χ2v) is 8.40. The van der Waals surface area contributed by atoms with Gasteiger partial charge in [0.05, 0.1) is 4.92 Å². The zero-order chi connectivity index (χ0) is 27.2. The van der Waals surface area contributed by atoms with Crippen LogP contribution in [0.25, 0.3) is 0 Å². The van der Waals surface area contributed by atoms with Gasteiger partial charge in [-0.1, -0.05) is 30.3 Å². The van der Waals surface area contributed by atoms with E-state index in [1.54, 1.807) is 24.3 Å². The standard InChI is InChI=1S/C25H32N6O6/c1-17(27-16-32)23(33)30-22(15-18-7-3-2-4-8-18)25(35)29-21(9-5-6-14-26)24(34)28-19-10-12-20(13-11-19)31(36)37/h2-4,7-8,10-13,16-17,21-22H,5-6,9,14-15,26H2,1H3,(H,27,32)(H,28,34)(H,29,35)(H,30,33)/t17-,21-,22-/m0/s1. The van der Waals surface area contributed by atoms with Gasteiger partial charge in [-0.25, -0.2) is 0 Å². The predicted octanol–water partition coefficient (Wildman–Crippen LogP) is 1.01. The highest BCUT2D eigenvalue weighted by Gasteiger charge is 2.28. The number of carbonyl (C=O) groups excluding carboxylic acids is 4. The third-order valence-electron chi connectivity index (χ3n) is 5.55. The molecule has 37 heavy (non-hydrogen) atoms. The summed E-state index contributed by atoms with van der Waals surface area (Å²) >= 11 is 0. The highest BCUT2D eigenvalue weighted by atomic mass is 16.6. The van der Waals surface area contributed by atoms with E-state index in [0.717, 1.165) is 5.56 Å². The first-order valence-electron chi connectivity index (χ1n) is 11.8. The smallest absolute Gasteiger partial charge is 0.269 e. The maximum absolute atomic E-state index is 13.3. The van der Waals surface area contributed by atoms with E-state index in [1.165, 1.54) is 31.2 Å². The van der Waals surface area contributed by atoms with E-state index in [4.69, 9.17) is 5.73 Å². The van der Waals surface area contributed by atoms with Crippen LogP contribution in [0.1, 0.15) is 31.7 Å². The van der Waals surface area contributed by atoms with E-state index in [2.05, 4.69) is 21.3 Å². The number of nitro groups is 1. The number of rotatable bonds is 15. The highest BCUT2D eigenvalue weighted by molar-refractivity contribution is 5.98. The summed E-state index contributed by atoms with van der Waals surface area (Å²) < 4.78 is 0. The number of nitrogens with two attached hydrogens (primary N) is 1. The monoisotopic (exact) mass is 512 g/mol. The van der Waals surface area contributed by atoms with E-state index >= 15 is 0 Å². The third kappa shape index (κ3) is 9.68. The lowest BCUT2D eigenvalue weighted by Gasteiger charge is -2.24. The van der Waals surface area contributed by atoms with Crippen LogP contribution in [0.3, 0.4) is 0 Å². The van der Waals surface area contributed by atoms with E-state index in [1.807, 2.05) is 6.07 Å². The fourth-order valence-corrected chi connectivity index (χ4v) is 3.46. The van der Waals surface area contributed by atoms with Crippen molar-refractivity contribution in [3.05, 3.63) is 70.3 Å². The summed E-state index contributed by atoms with van der Waals surface area (Å²) in [6, 6.07) is 11.5. The first kappa shape index (κ1) is 28.9. The summed E-state index contributed by atoms with van der Waals surface area (Å²) in [5.74, 6) is -1.65. The first-order chi connectivity index (χ1) is 17.7. The van der Waals surface area contributed by atoms with Crippen molar-refractivity contribution in [1.82, 2.24) is 16.0 Å². The minimum absolute atomic E-state index is 0.122. The minimum atomic E-state index is -1.02. The van der Waals surface area contributed by atoms with Gasteiger partial charge in [-0.15, -0.1) is 0 Å². The van der Waals surface area contributed by atoms with Gasteiger partial charge < -0.3 is 27.0 Å². The summed E-state index contributed by atoms with van der Waals surface area (Å²) in [6.07, 6.45) is 2.04. The van der Waals surface area contributed by atoms with Crippen molar-refractivity contribution >= 4 is 35.5 Å². The van der Waals surface area contributed by atoms with Crippen LogP contribution in [0.5, 0.6) is 0 Å². The van der Waals surface area contributed by atoms with Crippen molar-refractivity contribution in [1.29, 1.82) is 0 Å². The molecule has 2 aromatic carbocycles. The molecule has 198 valence electrons. The molecule has 0 heterocycles. The summed E-state index contributed by atoms with van der Waals surface area (Å²) in [6.45, 7) is 1.90. The average molecular weight is 513 g/mol. The Balaban J connectivity index is 2.19. The van der Waals surface area contributed by atoms with Crippen molar-refractivity contribution in [2.45, 2.75) is 50.7 Å². The normalized spacial score (nSPS) is 12.9. The number of anilines is 1. The molecule has 4 amide bonds. The van der Waals surface area contributed by atoms with Crippen LogP contribution in [-0.4, -0.2) is 53.7 Å². The Hall–Kier alpha value is -4.32. The van der Waals surface area contributed by atoms with E-state index in [0.29, 0.717) is 31.5 Å². The zero-order valence-corrected chi connectivity index (χ0v) is 20.5. The molecule has 3 atom stereocenters. The van der Waals surface area contributed by atoms with Gasteiger partial charge in [0.15, 0.2) is 0 Å². The molecule has 12 nitrogen and oxygen atoms in total. The molecule has 2 rings (SSSR count). The van der Waals surface area contributed by atoms with Crippen LogP contribution in [0.4, 0.5) is 11.4 Å². The number of nitrogens with one attached hydrogen (secondary N) is 4. The van der Waals surface area contributed by atoms with Gasteiger partial charge in [0.1, 0.15) is 18.1 Å². The molecule has 0 saturated carbocycles. The maximum Gasteiger partial charge on any atom is 0.269 e. The van der Waals surface area contributed by atoms with Crippen LogP contribution in [-0.2, 0) is 25.6 Å². The van der Waals surface area contributed by atoms with E-state index in [9.17, 15) is 29.3 Å². The molecule has 0 unspecified atom stereocenters. The average Bonchev–Trinajstić information content (AvgIpc) is 2.88. The number of amides is 4.